The lowest BCUT2D eigenvalue weighted by Crippen LogP contribution is -1.80. The van der Waals surface area contributed by atoms with Crippen LogP contribution in [0.1, 0.15) is 79.4 Å². The minimum Gasteiger partial charge on any atom is -0.300 e. The Morgan fingerprint density at radius 3 is 1.64 bits per heavy atom. The van der Waals surface area contributed by atoms with E-state index in [4.69, 9.17) is 11.6 Å². The lowest BCUT2D eigenvalue weighted by atomic mass is 10.1. The quantitative estimate of drug-likeness (QED) is 0.557. The Labute approximate surface area is 144 Å². The fraction of sp³-hybridized carbons (Fsp3) is 0.650. The standard InChI is InChI=1S/C9H11Cl.2C4H10.C3H6O/c1-3-8-5-4-7(2)9(10)6-8;1-4(2)3;1-3-4-2;1-3(2)4/h4-6H,3H2,1-2H3;4H,1-3H3;3-4H2,1-2H3;1-2H3. The number of hydrogen-bond acceptors (Lipinski definition) is 1. The second-order valence-electron chi connectivity index (χ2n) is 6.08. The lowest BCUT2D eigenvalue weighted by Gasteiger charge is -1.99. The average molecular weight is 329 g/mol. The second kappa shape index (κ2) is 18.2. The van der Waals surface area contributed by atoms with E-state index >= 15 is 0 Å². The molecule has 0 heterocycles. The molecule has 0 N–H and O–H groups in total. The summed E-state index contributed by atoms with van der Waals surface area (Å²) in [4.78, 5) is 9.44. The number of halogens is 1. The normalized spacial score (nSPS) is 8.68. The van der Waals surface area contributed by atoms with Crippen molar-refractivity contribution in [1.29, 1.82) is 0 Å². The Bertz CT molecular complexity index is 361. The summed E-state index contributed by atoms with van der Waals surface area (Å²) in [6, 6.07) is 6.19. The summed E-state index contributed by atoms with van der Waals surface area (Å²) in [6.07, 6.45) is 3.69. The number of carbonyl (C=O) groups excluding carboxylic acids is 1. The predicted octanol–water partition coefficient (Wildman–Crippen LogP) is 7.27. The number of Topliss-reactive ketones (excluding diaryl/α,β-unsaturated/α-hetero) is 1. The van der Waals surface area contributed by atoms with Crippen LogP contribution in [0, 0.1) is 12.8 Å². The molecule has 130 valence electrons. The fourth-order valence-corrected chi connectivity index (χ4v) is 1.06. The first-order valence-electron chi connectivity index (χ1n) is 8.34. The number of aryl methyl sites for hydroxylation is 2. The highest BCUT2D eigenvalue weighted by Crippen LogP contribution is 2.16. The van der Waals surface area contributed by atoms with Gasteiger partial charge in [0.1, 0.15) is 5.78 Å². The van der Waals surface area contributed by atoms with Crippen LogP contribution in [0.3, 0.4) is 0 Å². The van der Waals surface area contributed by atoms with Crippen molar-refractivity contribution in [1.82, 2.24) is 0 Å². The van der Waals surface area contributed by atoms with Crippen molar-refractivity contribution in [2.75, 3.05) is 0 Å². The fourth-order valence-electron chi connectivity index (χ4n) is 0.856. The van der Waals surface area contributed by atoms with Crippen LogP contribution in [0.4, 0.5) is 0 Å². The van der Waals surface area contributed by atoms with Crippen LogP contribution < -0.4 is 0 Å². The van der Waals surface area contributed by atoms with E-state index in [2.05, 4.69) is 53.7 Å². The maximum Gasteiger partial charge on any atom is 0.126 e. The zero-order valence-electron chi connectivity index (χ0n) is 16.2. The molecule has 1 rings (SSSR count). The summed E-state index contributed by atoms with van der Waals surface area (Å²) >= 11 is 5.89. The average Bonchev–Trinajstić information content (AvgIpc) is 2.41. The van der Waals surface area contributed by atoms with E-state index in [0.717, 1.165) is 22.9 Å². The van der Waals surface area contributed by atoms with Crippen LogP contribution >= 0.6 is 11.6 Å². The van der Waals surface area contributed by atoms with Crippen LogP contribution in [-0.2, 0) is 11.2 Å². The number of rotatable bonds is 2. The van der Waals surface area contributed by atoms with Crippen molar-refractivity contribution in [2.24, 2.45) is 5.92 Å². The van der Waals surface area contributed by atoms with Crippen molar-refractivity contribution in [3.8, 4) is 0 Å². The molecule has 0 atom stereocenters. The molecule has 0 fully saturated rings. The number of unbranched alkanes of at least 4 members (excludes halogenated alkanes) is 1. The number of carbonyl (C=O) groups is 1. The van der Waals surface area contributed by atoms with E-state index in [1.807, 2.05) is 13.0 Å². The van der Waals surface area contributed by atoms with Gasteiger partial charge in [-0.2, -0.15) is 0 Å². The van der Waals surface area contributed by atoms with Gasteiger partial charge in [0.05, 0.1) is 0 Å². The summed E-state index contributed by atoms with van der Waals surface area (Å²) in [6.45, 7) is 18.1. The van der Waals surface area contributed by atoms with E-state index in [9.17, 15) is 4.79 Å². The smallest absolute Gasteiger partial charge is 0.126 e. The summed E-state index contributed by atoms with van der Waals surface area (Å²) in [5, 5.41) is 0.874. The van der Waals surface area contributed by atoms with Crippen LogP contribution in [0.25, 0.3) is 0 Å². The van der Waals surface area contributed by atoms with Gasteiger partial charge in [-0.3, -0.25) is 0 Å². The Hall–Kier alpha value is -0.820. The van der Waals surface area contributed by atoms with Gasteiger partial charge < -0.3 is 4.79 Å². The highest BCUT2D eigenvalue weighted by molar-refractivity contribution is 6.31. The van der Waals surface area contributed by atoms with Gasteiger partial charge in [-0.15, -0.1) is 0 Å². The van der Waals surface area contributed by atoms with Crippen molar-refractivity contribution in [3.63, 3.8) is 0 Å². The number of hydrogen-bond donors (Lipinski definition) is 0. The third-order valence-corrected chi connectivity index (χ3v) is 2.55. The van der Waals surface area contributed by atoms with Gasteiger partial charge in [-0.1, -0.05) is 78.1 Å². The molecule has 0 saturated carbocycles. The van der Waals surface area contributed by atoms with E-state index in [1.165, 1.54) is 32.3 Å². The molecule has 0 radical (unpaired) electrons. The Kier molecular flexibility index (Phi) is 21.6. The van der Waals surface area contributed by atoms with Crippen LogP contribution in [0.2, 0.25) is 5.02 Å². The number of benzene rings is 1. The SMILES string of the molecule is CC(C)=O.CC(C)C.CCCC.CCc1ccc(C)c(Cl)c1. The van der Waals surface area contributed by atoms with Gasteiger partial charge in [0.25, 0.3) is 0 Å². The molecular formula is C20H37ClO. The highest BCUT2D eigenvalue weighted by Gasteiger charge is 1.94. The molecular weight excluding hydrogens is 292 g/mol. The number of ketones is 1. The molecule has 0 saturated heterocycles. The van der Waals surface area contributed by atoms with Crippen molar-refractivity contribution >= 4 is 17.4 Å². The molecule has 0 aliphatic heterocycles. The van der Waals surface area contributed by atoms with Gasteiger partial charge in [0.2, 0.25) is 0 Å². The zero-order valence-corrected chi connectivity index (χ0v) is 17.0. The molecule has 0 bridgehead atoms. The van der Waals surface area contributed by atoms with E-state index < -0.39 is 0 Å². The summed E-state index contributed by atoms with van der Waals surface area (Å²) in [5.74, 6) is 1.00. The minimum atomic E-state index is 0.167. The van der Waals surface area contributed by atoms with Crippen LogP contribution in [-0.4, -0.2) is 5.78 Å². The van der Waals surface area contributed by atoms with E-state index in [-0.39, 0.29) is 5.78 Å². The van der Waals surface area contributed by atoms with Gasteiger partial charge in [0, 0.05) is 5.02 Å². The molecule has 0 aliphatic rings. The van der Waals surface area contributed by atoms with Crippen molar-refractivity contribution < 1.29 is 4.79 Å². The lowest BCUT2D eigenvalue weighted by molar-refractivity contribution is -0.114. The first-order chi connectivity index (χ1) is 10.1. The summed E-state index contributed by atoms with van der Waals surface area (Å²) in [7, 11) is 0. The molecule has 1 nitrogen and oxygen atoms in total. The maximum atomic E-state index is 9.44. The van der Waals surface area contributed by atoms with Crippen molar-refractivity contribution in [3.05, 3.63) is 34.3 Å². The maximum absolute atomic E-state index is 9.44. The first kappa shape index (κ1) is 26.1. The highest BCUT2D eigenvalue weighted by atomic mass is 35.5. The second-order valence-corrected chi connectivity index (χ2v) is 6.48. The molecule has 1 aromatic carbocycles. The molecule has 1 aromatic rings. The zero-order chi connectivity index (χ0) is 18.1. The van der Waals surface area contributed by atoms with E-state index in [0.29, 0.717) is 0 Å². The predicted molar refractivity (Wildman–Crippen MR) is 103 cm³/mol. The first-order valence-corrected chi connectivity index (χ1v) is 8.72. The van der Waals surface area contributed by atoms with Crippen LogP contribution in [0.15, 0.2) is 18.2 Å². The largest absolute Gasteiger partial charge is 0.300 e. The van der Waals surface area contributed by atoms with Gasteiger partial charge in [0.15, 0.2) is 0 Å². The third kappa shape index (κ3) is 27.5. The van der Waals surface area contributed by atoms with Gasteiger partial charge in [-0.25, -0.2) is 0 Å². The minimum absolute atomic E-state index is 0.167. The third-order valence-electron chi connectivity index (χ3n) is 2.14. The molecule has 2 heteroatoms. The molecule has 0 spiro atoms. The topological polar surface area (TPSA) is 17.1 Å². The van der Waals surface area contributed by atoms with Gasteiger partial charge >= 0.3 is 0 Å². The Balaban J connectivity index is -0.000000253. The molecule has 22 heavy (non-hydrogen) atoms. The van der Waals surface area contributed by atoms with Crippen molar-refractivity contribution in [2.45, 2.75) is 81.6 Å². The van der Waals surface area contributed by atoms with Crippen LogP contribution in [0.5, 0.6) is 0 Å². The van der Waals surface area contributed by atoms with E-state index in [1.54, 1.807) is 0 Å². The molecule has 0 aromatic heterocycles. The van der Waals surface area contributed by atoms with Gasteiger partial charge in [-0.05, 0) is 50.3 Å². The molecule has 0 amide bonds. The monoisotopic (exact) mass is 328 g/mol. The Morgan fingerprint density at radius 1 is 1.05 bits per heavy atom. The Morgan fingerprint density at radius 2 is 1.41 bits per heavy atom. The summed E-state index contributed by atoms with van der Waals surface area (Å²) in [5.41, 5.74) is 2.45. The molecule has 0 aliphatic carbocycles. The molecule has 0 unspecified atom stereocenters. The summed E-state index contributed by atoms with van der Waals surface area (Å²) < 4.78 is 0.